The minimum atomic E-state index is 0.883. The average molecular weight is 358 g/mol. The normalized spacial score (nSPS) is 14.6. The maximum absolute atomic E-state index is 2.43. The molecule has 3 aromatic carbocycles. The Hall–Kier alpha value is -2.94. The van der Waals surface area contributed by atoms with Crippen LogP contribution in [0.15, 0.2) is 72.8 Å². The van der Waals surface area contributed by atoms with Crippen molar-refractivity contribution in [2.24, 2.45) is 0 Å². The highest BCUT2D eigenvalue weighted by molar-refractivity contribution is 5.59. The van der Waals surface area contributed by atoms with E-state index < -0.39 is 0 Å². The van der Waals surface area contributed by atoms with E-state index in [1.54, 1.807) is 0 Å². The molecule has 1 saturated heterocycles. The molecule has 0 aliphatic carbocycles. The van der Waals surface area contributed by atoms with Gasteiger partial charge >= 0.3 is 0 Å². The molecule has 3 aromatic rings. The van der Waals surface area contributed by atoms with Crippen molar-refractivity contribution in [2.75, 3.05) is 34.7 Å². The molecular weight excluding hydrogens is 330 g/mol. The van der Waals surface area contributed by atoms with Gasteiger partial charge < -0.3 is 14.7 Å². The first-order valence-electron chi connectivity index (χ1n) is 9.53. The highest BCUT2D eigenvalue weighted by Crippen LogP contribution is 2.27. The van der Waals surface area contributed by atoms with E-state index in [9.17, 15) is 0 Å². The summed E-state index contributed by atoms with van der Waals surface area (Å²) in [6, 6.07) is 26.5. The molecule has 3 nitrogen and oxygen atoms in total. The Morgan fingerprint density at radius 2 is 0.630 bits per heavy atom. The summed E-state index contributed by atoms with van der Waals surface area (Å²) < 4.78 is 0. The standard InChI is InChI=1S/C24H27N3/c1-19-4-10-22(11-5-19)25-16-26(23-12-6-20(2)7-13-23)18-27(17-25)24-14-8-21(3)9-15-24/h4-15H,16-18H2,1-3H3. The summed E-state index contributed by atoms with van der Waals surface area (Å²) in [5, 5.41) is 0. The Bertz CT molecular complexity index is 754. The van der Waals surface area contributed by atoms with E-state index in [-0.39, 0.29) is 0 Å². The van der Waals surface area contributed by atoms with Gasteiger partial charge in [-0.1, -0.05) is 53.1 Å². The monoisotopic (exact) mass is 357 g/mol. The topological polar surface area (TPSA) is 9.72 Å². The van der Waals surface area contributed by atoms with Gasteiger partial charge in [0.05, 0.1) is 20.0 Å². The third-order valence-electron chi connectivity index (χ3n) is 5.22. The van der Waals surface area contributed by atoms with Crippen LogP contribution in [0.25, 0.3) is 0 Å². The molecule has 1 aliphatic rings. The summed E-state index contributed by atoms with van der Waals surface area (Å²) >= 11 is 0. The summed E-state index contributed by atoms with van der Waals surface area (Å²) in [7, 11) is 0. The smallest absolute Gasteiger partial charge is 0.0937 e. The van der Waals surface area contributed by atoms with E-state index in [1.807, 2.05) is 0 Å². The van der Waals surface area contributed by atoms with E-state index in [0.717, 1.165) is 20.0 Å². The number of anilines is 3. The molecule has 0 unspecified atom stereocenters. The quantitative estimate of drug-likeness (QED) is 0.628. The predicted molar refractivity (Wildman–Crippen MR) is 116 cm³/mol. The number of hydrogen-bond acceptors (Lipinski definition) is 3. The zero-order valence-electron chi connectivity index (χ0n) is 16.4. The molecule has 3 heteroatoms. The SMILES string of the molecule is Cc1ccc(N2CN(c3ccc(C)cc3)CN(c3ccc(C)cc3)C2)cc1. The van der Waals surface area contributed by atoms with Gasteiger partial charge in [-0.2, -0.15) is 0 Å². The highest BCUT2D eigenvalue weighted by Gasteiger charge is 2.24. The van der Waals surface area contributed by atoms with Gasteiger partial charge in [0.2, 0.25) is 0 Å². The van der Waals surface area contributed by atoms with E-state index in [1.165, 1.54) is 33.8 Å². The fourth-order valence-electron chi connectivity index (χ4n) is 3.51. The number of nitrogens with zero attached hydrogens (tertiary/aromatic N) is 3. The lowest BCUT2D eigenvalue weighted by Crippen LogP contribution is -2.55. The van der Waals surface area contributed by atoms with Gasteiger partial charge in [0.1, 0.15) is 0 Å². The number of benzene rings is 3. The lowest BCUT2D eigenvalue weighted by atomic mass is 10.2. The molecule has 1 fully saturated rings. The number of aryl methyl sites for hydroxylation is 3. The Kier molecular flexibility index (Phi) is 4.76. The van der Waals surface area contributed by atoms with Crippen molar-refractivity contribution < 1.29 is 0 Å². The molecule has 4 rings (SSSR count). The maximum atomic E-state index is 2.43. The van der Waals surface area contributed by atoms with Gasteiger partial charge in [0, 0.05) is 17.1 Å². The first-order chi connectivity index (χ1) is 13.1. The molecule has 0 aromatic heterocycles. The van der Waals surface area contributed by atoms with Crippen LogP contribution in [0.4, 0.5) is 17.1 Å². The van der Waals surface area contributed by atoms with E-state index in [4.69, 9.17) is 0 Å². The van der Waals surface area contributed by atoms with Crippen molar-refractivity contribution in [3.63, 3.8) is 0 Å². The lowest BCUT2D eigenvalue weighted by Gasteiger charge is -2.45. The maximum Gasteiger partial charge on any atom is 0.0937 e. The Morgan fingerprint density at radius 3 is 0.852 bits per heavy atom. The van der Waals surface area contributed by atoms with Gasteiger partial charge in [-0.05, 0) is 57.2 Å². The number of hydrogen-bond donors (Lipinski definition) is 0. The van der Waals surface area contributed by atoms with Crippen LogP contribution in [0.1, 0.15) is 16.7 Å². The molecule has 0 bridgehead atoms. The van der Waals surface area contributed by atoms with E-state index >= 15 is 0 Å². The predicted octanol–water partition coefficient (Wildman–Crippen LogP) is 5.32. The van der Waals surface area contributed by atoms with Crippen molar-refractivity contribution in [3.8, 4) is 0 Å². The van der Waals surface area contributed by atoms with Crippen molar-refractivity contribution >= 4 is 17.1 Å². The summed E-state index contributed by atoms with van der Waals surface area (Å²) in [6.45, 7) is 9.06. The number of rotatable bonds is 3. The van der Waals surface area contributed by atoms with Crippen LogP contribution in [0.2, 0.25) is 0 Å². The molecule has 138 valence electrons. The third kappa shape index (κ3) is 3.92. The lowest BCUT2D eigenvalue weighted by molar-refractivity contribution is 0.611. The van der Waals surface area contributed by atoms with Gasteiger partial charge in [-0.3, -0.25) is 0 Å². The fourth-order valence-corrected chi connectivity index (χ4v) is 3.51. The first-order valence-corrected chi connectivity index (χ1v) is 9.53. The first kappa shape index (κ1) is 17.5. The van der Waals surface area contributed by atoms with Crippen LogP contribution < -0.4 is 14.7 Å². The van der Waals surface area contributed by atoms with Crippen LogP contribution in [0.5, 0.6) is 0 Å². The van der Waals surface area contributed by atoms with Crippen molar-refractivity contribution in [1.82, 2.24) is 0 Å². The largest absolute Gasteiger partial charge is 0.336 e. The zero-order valence-corrected chi connectivity index (χ0v) is 16.4. The molecule has 0 atom stereocenters. The summed E-state index contributed by atoms with van der Waals surface area (Å²) in [5.74, 6) is 0. The van der Waals surface area contributed by atoms with Crippen LogP contribution in [0, 0.1) is 20.8 Å². The van der Waals surface area contributed by atoms with Gasteiger partial charge in [-0.15, -0.1) is 0 Å². The van der Waals surface area contributed by atoms with Gasteiger partial charge in [0.25, 0.3) is 0 Å². The van der Waals surface area contributed by atoms with Crippen LogP contribution >= 0.6 is 0 Å². The molecule has 0 radical (unpaired) electrons. The molecule has 0 amide bonds. The zero-order chi connectivity index (χ0) is 18.8. The van der Waals surface area contributed by atoms with E-state index in [2.05, 4.69) is 108 Å². The van der Waals surface area contributed by atoms with Crippen LogP contribution in [-0.2, 0) is 0 Å². The second-order valence-corrected chi connectivity index (χ2v) is 7.55. The molecule has 0 spiro atoms. The van der Waals surface area contributed by atoms with E-state index in [0.29, 0.717) is 0 Å². The minimum Gasteiger partial charge on any atom is -0.336 e. The summed E-state index contributed by atoms with van der Waals surface area (Å²) in [5.41, 5.74) is 7.66. The second kappa shape index (κ2) is 7.36. The Morgan fingerprint density at radius 1 is 0.407 bits per heavy atom. The third-order valence-corrected chi connectivity index (χ3v) is 5.22. The van der Waals surface area contributed by atoms with Crippen molar-refractivity contribution in [3.05, 3.63) is 89.5 Å². The Balaban J connectivity index is 1.66. The molecule has 27 heavy (non-hydrogen) atoms. The molecule has 1 aliphatic heterocycles. The van der Waals surface area contributed by atoms with Gasteiger partial charge in [-0.25, -0.2) is 0 Å². The average Bonchev–Trinajstić information content (AvgIpc) is 2.69. The minimum absolute atomic E-state index is 0.883. The Labute approximate surface area is 162 Å². The highest BCUT2D eigenvalue weighted by atomic mass is 15.5. The molecular formula is C24H27N3. The summed E-state index contributed by atoms with van der Waals surface area (Å²) in [6.07, 6.45) is 0. The van der Waals surface area contributed by atoms with Gasteiger partial charge in [0.15, 0.2) is 0 Å². The second-order valence-electron chi connectivity index (χ2n) is 7.55. The molecule has 0 N–H and O–H groups in total. The summed E-state index contributed by atoms with van der Waals surface area (Å²) in [4.78, 5) is 7.30. The fraction of sp³-hybridized carbons (Fsp3) is 0.250. The van der Waals surface area contributed by atoms with Crippen LogP contribution in [0.3, 0.4) is 0 Å². The molecule has 1 heterocycles. The van der Waals surface area contributed by atoms with Crippen molar-refractivity contribution in [1.29, 1.82) is 0 Å². The molecule has 0 saturated carbocycles. The van der Waals surface area contributed by atoms with Crippen LogP contribution in [-0.4, -0.2) is 20.0 Å². The van der Waals surface area contributed by atoms with Crippen molar-refractivity contribution in [2.45, 2.75) is 20.8 Å².